The number of aromatic hydroxyl groups is 1. The predicted molar refractivity (Wildman–Crippen MR) is 48.2 cm³/mol. The van der Waals surface area contributed by atoms with Gasteiger partial charge in [0.2, 0.25) is 0 Å². The largest absolute Gasteiger partial charge is 0.505 e. The van der Waals surface area contributed by atoms with Crippen LogP contribution in [-0.4, -0.2) is 26.2 Å². The molecular weight excluding hydrogens is 184 g/mol. The molecule has 2 rings (SSSR count). The van der Waals surface area contributed by atoms with Crippen molar-refractivity contribution in [2.24, 2.45) is 0 Å². The highest BCUT2D eigenvalue weighted by atomic mass is 16.4. The number of carboxylic acids is 1. The number of carboxylic acid groups (broad SMARTS) is 1. The number of aromatic nitrogens is 2. The van der Waals surface area contributed by atoms with Gasteiger partial charge in [0.1, 0.15) is 0 Å². The topological polar surface area (TPSA) is 83.3 Å². The van der Waals surface area contributed by atoms with Crippen molar-refractivity contribution in [2.45, 2.75) is 0 Å². The van der Waals surface area contributed by atoms with Gasteiger partial charge in [-0.15, -0.1) is 0 Å². The molecule has 2 aromatic heterocycles. The van der Waals surface area contributed by atoms with E-state index in [2.05, 4.69) is 9.97 Å². The third kappa shape index (κ3) is 1.15. The summed E-state index contributed by atoms with van der Waals surface area (Å²) in [5.74, 6) is -1.60. The molecule has 0 amide bonds. The Kier molecular flexibility index (Phi) is 1.78. The molecule has 0 aromatic carbocycles. The minimum absolute atomic E-state index is 0.344. The summed E-state index contributed by atoms with van der Waals surface area (Å²) < 4.78 is 0. The van der Waals surface area contributed by atoms with Crippen LogP contribution in [0.3, 0.4) is 0 Å². The average molecular weight is 190 g/mol. The fourth-order valence-corrected chi connectivity index (χ4v) is 1.19. The molecule has 0 aliphatic carbocycles. The van der Waals surface area contributed by atoms with Crippen molar-refractivity contribution >= 4 is 16.9 Å². The normalized spacial score (nSPS) is 10.3. The van der Waals surface area contributed by atoms with Gasteiger partial charge in [0.05, 0.1) is 11.7 Å². The molecule has 2 aromatic rings. The van der Waals surface area contributed by atoms with E-state index in [1.165, 1.54) is 6.20 Å². The van der Waals surface area contributed by atoms with Crippen molar-refractivity contribution in [3.05, 3.63) is 30.2 Å². The molecule has 0 bridgehead atoms. The van der Waals surface area contributed by atoms with E-state index in [0.717, 1.165) is 0 Å². The molecule has 0 radical (unpaired) electrons. The lowest BCUT2D eigenvalue weighted by Gasteiger charge is -2.01. The molecule has 0 aliphatic rings. The second-order valence-corrected chi connectivity index (χ2v) is 2.70. The van der Waals surface area contributed by atoms with Crippen LogP contribution in [0.25, 0.3) is 10.9 Å². The highest BCUT2D eigenvalue weighted by molar-refractivity contribution is 5.96. The minimum Gasteiger partial charge on any atom is -0.505 e. The van der Waals surface area contributed by atoms with E-state index in [1.54, 1.807) is 18.3 Å². The lowest BCUT2D eigenvalue weighted by Crippen LogP contribution is -2.00. The summed E-state index contributed by atoms with van der Waals surface area (Å²) in [5.41, 5.74) is 0.112. The van der Waals surface area contributed by atoms with E-state index >= 15 is 0 Å². The van der Waals surface area contributed by atoms with Gasteiger partial charge in [0, 0.05) is 11.6 Å². The molecule has 0 fully saturated rings. The fourth-order valence-electron chi connectivity index (χ4n) is 1.19. The van der Waals surface area contributed by atoms with Gasteiger partial charge in [0.25, 0.3) is 0 Å². The zero-order valence-corrected chi connectivity index (χ0v) is 7.01. The maximum Gasteiger partial charge on any atom is 0.358 e. The van der Waals surface area contributed by atoms with Gasteiger partial charge in [-0.25, -0.2) is 9.78 Å². The van der Waals surface area contributed by atoms with Gasteiger partial charge in [-0.3, -0.25) is 4.98 Å². The molecule has 2 heterocycles. The summed E-state index contributed by atoms with van der Waals surface area (Å²) in [4.78, 5) is 18.1. The van der Waals surface area contributed by atoms with E-state index in [4.69, 9.17) is 5.11 Å². The van der Waals surface area contributed by atoms with E-state index in [0.29, 0.717) is 10.9 Å². The maximum absolute atomic E-state index is 10.6. The molecular formula is C9H6N2O3. The van der Waals surface area contributed by atoms with Crippen molar-refractivity contribution in [1.82, 2.24) is 9.97 Å². The van der Waals surface area contributed by atoms with Crippen molar-refractivity contribution in [3.63, 3.8) is 0 Å². The minimum atomic E-state index is -1.26. The van der Waals surface area contributed by atoms with E-state index < -0.39 is 5.97 Å². The Morgan fingerprint density at radius 1 is 1.36 bits per heavy atom. The SMILES string of the molecule is O=C(O)c1ncc2ncccc2c1O. The molecule has 5 heteroatoms. The quantitative estimate of drug-likeness (QED) is 0.701. The van der Waals surface area contributed by atoms with Crippen LogP contribution in [0, 0.1) is 0 Å². The Morgan fingerprint density at radius 3 is 2.86 bits per heavy atom. The first kappa shape index (κ1) is 8.43. The van der Waals surface area contributed by atoms with Gasteiger partial charge < -0.3 is 10.2 Å². The molecule has 0 saturated carbocycles. The average Bonchev–Trinajstić information content (AvgIpc) is 2.18. The smallest absolute Gasteiger partial charge is 0.358 e. The van der Waals surface area contributed by atoms with Crippen molar-refractivity contribution in [2.75, 3.05) is 0 Å². The van der Waals surface area contributed by atoms with Crippen molar-refractivity contribution in [1.29, 1.82) is 0 Å². The second-order valence-electron chi connectivity index (χ2n) is 2.70. The van der Waals surface area contributed by atoms with Gasteiger partial charge >= 0.3 is 5.97 Å². The van der Waals surface area contributed by atoms with E-state index in [1.807, 2.05) is 0 Å². The highest BCUT2D eigenvalue weighted by Gasteiger charge is 2.14. The van der Waals surface area contributed by atoms with Gasteiger partial charge in [0.15, 0.2) is 11.4 Å². The third-order valence-corrected chi connectivity index (χ3v) is 1.84. The number of nitrogens with zero attached hydrogens (tertiary/aromatic N) is 2. The first-order chi connectivity index (χ1) is 6.70. The number of carbonyl (C=O) groups is 1. The van der Waals surface area contributed by atoms with Crippen molar-refractivity contribution < 1.29 is 15.0 Å². The molecule has 14 heavy (non-hydrogen) atoms. The van der Waals surface area contributed by atoms with Crippen LogP contribution >= 0.6 is 0 Å². The maximum atomic E-state index is 10.6. The van der Waals surface area contributed by atoms with Crippen LogP contribution in [-0.2, 0) is 0 Å². The standard InChI is InChI=1S/C9H6N2O3/c12-8-5-2-1-3-10-6(5)4-11-7(8)9(13)14/h1-4,12H,(H,13,14). The summed E-state index contributed by atoms with van der Waals surface area (Å²) >= 11 is 0. The predicted octanol–water partition coefficient (Wildman–Crippen LogP) is 1.03. The Hall–Kier alpha value is -2.17. The van der Waals surface area contributed by atoms with Gasteiger partial charge in [-0.1, -0.05) is 0 Å². The van der Waals surface area contributed by atoms with E-state index in [9.17, 15) is 9.90 Å². The Morgan fingerprint density at radius 2 is 2.14 bits per heavy atom. The fraction of sp³-hybridized carbons (Fsp3) is 0. The van der Waals surface area contributed by atoms with Crippen LogP contribution in [0.15, 0.2) is 24.5 Å². The van der Waals surface area contributed by atoms with E-state index in [-0.39, 0.29) is 11.4 Å². The summed E-state index contributed by atoms with van der Waals surface area (Å²) in [6.07, 6.45) is 2.86. The molecule has 0 saturated heterocycles. The zero-order chi connectivity index (χ0) is 10.1. The van der Waals surface area contributed by atoms with Crippen LogP contribution in [0.5, 0.6) is 5.75 Å². The summed E-state index contributed by atoms with van der Waals surface area (Å²) in [5, 5.41) is 18.6. The molecule has 0 aliphatic heterocycles. The first-order valence-corrected chi connectivity index (χ1v) is 3.86. The number of hydrogen-bond acceptors (Lipinski definition) is 4. The van der Waals surface area contributed by atoms with Gasteiger partial charge in [-0.05, 0) is 12.1 Å². The first-order valence-electron chi connectivity index (χ1n) is 3.86. The van der Waals surface area contributed by atoms with Crippen LogP contribution in [0.1, 0.15) is 10.5 Å². The third-order valence-electron chi connectivity index (χ3n) is 1.84. The number of rotatable bonds is 1. The number of pyridine rings is 2. The Balaban J connectivity index is 2.81. The second kappa shape index (κ2) is 2.95. The molecule has 2 N–H and O–H groups in total. The summed E-state index contributed by atoms with van der Waals surface area (Å²) in [6, 6.07) is 3.21. The zero-order valence-electron chi connectivity index (χ0n) is 7.01. The lowest BCUT2D eigenvalue weighted by molar-refractivity contribution is 0.0687. The van der Waals surface area contributed by atoms with Gasteiger partial charge in [-0.2, -0.15) is 0 Å². The monoisotopic (exact) mass is 190 g/mol. The van der Waals surface area contributed by atoms with Crippen LogP contribution in [0.2, 0.25) is 0 Å². The summed E-state index contributed by atoms with van der Waals surface area (Å²) in [6.45, 7) is 0. The number of hydrogen-bond donors (Lipinski definition) is 2. The molecule has 70 valence electrons. The highest BCUT2D eigenvalue weighted by Crippen LogP contribution is 2.24. The molecule has 0 unspecified atom stereocenters. The number of fused-ring (bicyclic) bond motifs is 1. The Bertz CT molecular complexity index is 510. The van der Waals surface area contributed by atoms with Crippen LogP contribution in [0.4, 0.5) is 0 Å². The molecule has 5 nitrogen and oxygen atoms in total. The molecule has 0 spiro atoms. The lowest BCUT2D eigenvalue weighted by atomic mass is 10.2. The van der Waals surface area contributed by atoms with Crippen LogP contribution < -0.4 is 0 Å². The molecule has 0 atom stereocenters. The van der Waals surface area contributed by atoms with Crippen molar-refractivity contribution in [3.8, 4) is 5.75 Å². The summed E-state index contributed by atoms with van der Waals surface area (Å²) in [7, 11) is 0. The number of aromatic carboxylic acids is 1. The Labute approximate surface area is 78.7 Å².